The molecule has 0 aliphatic heterocycles. The fraction of sp³-hybridized carbons (Fsp3) is 0.520. The van der Waals surface area contributed by atoms with Crippen molar-refractivity contribution in [3.05, 3.63) is 47.5 Å². The van der Waals surface area contributed by atoms with Gasteiger partial charge in [-0.1, -0.05) is 72.8 Å². The molecular formula is C25H38O3Si. The lowest BCUT2D eigenvalue weighted by atomic mass is 9.79. The van der Waals surface area contributed by atoms with Crippen LogP contribution in [0.4, 0.5) is 0 Å². The van der Waals surface area contributed by atoms with Gasteiger partial charge in [0.15, 0.2) is 0 Å². The van der Waals surface area contributed by atoms with Crippen molar-refractivity contribution >= 4 is 13.3 Å². The van der Waals surface area contributed by atoms with Crippen molar-refractivity contribution in [1.82, 2.24) is 0 Å². The van der Waals surface area contributed by atoms with Crippen LogP contribution in [0.3, 0.4) is 0 Å². The topological polar surface area (TPSA) is 38.7 Å². The van der Waals surface area contributed by atoms with Gasteiger partial charge in [0.05, 0.1) is 21.8 Å². The fourth-order valence-corrected chi connectivity index (χ4v) is 5.88. The molecule has 0 amide bonds. The molecule has 0 aromatic heterocycles. The molecule has 0 aliphatic carbocycles. The van der Waals surface area contributed by atoms with Crippen LogP contribution in [0.2, 0.25) is 19.1 Å². The number of methoxy groups -OCH3 is 1. The van der Waals surface area contributed by atoms with Gasteiger partial charge in [-0.05, 0) is 40.3 Å². The van der Waals surface area contributed by atoms with E-state index in [1.165, 1.54) is 5.19 Å². The maximum Gasteiger partial charge on any atom is 0.123 e. The van der Waals surface area contributed by atoms with E-state index in [-0.39, 0.29) is 10.8 Å². The summed E-state index contributed by atoms with van der Waals surface area (Å²) in [5.41, 5.74) is 1.55. The van der Waals surface area contributed by atoms with E-state index in [4.69, 9.17) is 9.47 Å². The number of hydrogen-bond acceptors (Lipinski definition) is 3. The van der Waals surface area contributed by atoms with Crippen LogP contribution in [-0.2, 0) is 10.8 Å². The zero-order valence-corrected chi connectivity index (χ0v) is 20.6. The monoisotopic (exact) mass is 414 g/mol. The minimum Gasteiger partial charge on any atom is -0.507 e. The Balaban J connectivity index is 2.26. The fourth-order valence-electron chi connectivity index (χ4n) is 3.60. The van der Waals surface area contributed by atoms with Crippen LogP contribution in [-0.4, -0.2) is 26.9 Å². The molecule has 0 saturated heterocycles. The van der Waals surface area contributed by atoms with Crippen LogP contribution in [0.5, 0.6) is 17.2 Å². The number of para-hydroxylation sites is 1. The largest absolute Gasteiger partial charge is 0.507 e. The third-order valence-electron chi connectivity index (χ3n) is 5.53. The molecule has 2 aromatic carbocycles. The van der Waals surface area contributed by atoms with Crippen molar-refractivity contribution in [2.75, 3.05) is 13.7 Å². The van der Waals surface area contributed by atoms with Gasteiger partial charge in [0.2, 0.25) is 0 Å². The first-order valence-electron chi connectivity index (χ1n) is 10.4. The molecule has 0 saturated carbocycles. The van der Waals surface area contributed by atoms with E-state index in [0.29, 0.717) is 12.4 Å². The van der Waals surface area contributed by atoms with Crippen LogP contribution < -0.4 is 14.7 Å². The van der Waals surface area contributed by atoms with E-state index in [0.717, 1.165) is 28.7 Å². The second-order valence-electron chi connectivity index (χ2n) is 10.5. The summed E-state index contributed by atoms with van der Waals surface area (Å²) in [7, 11) is 0.0249. The normalized spacial score (nSPS) is 12.7. The van der Waals surface area contributed by atoms with Gasteiger partial charge in [0.25, 0.3) is 0 Å². The van der Waals surface area contributed by atoms with Gasteiger partial charge in [-0.25, -0.2) is 0 Å². The Morgan fingerprint density at radius 3 is 1.90 bits per heavy atom. The lowest BCUT2D eigenvalue weighted by Gasteiger charge is -2.29. The Morgan fingerprint density at radius 1 is 0.897 bits per heavy atom. The zero-order chi connectivity index (χ0) is 22.0. The number of rotatable bonds is 6. The van der Waals surface area contributed by atoms with Crippen LogP contribution in [0.25, 0.3) is 0 Å². The average molecular weight is 415 g/mol. The lowest BCUT2D eigenvalue weighted by molar-refractivity contribution is 0.333. The van der Waals surface area contributed by atoms with E-state index in [1.807, 2.05) is 24.3 Å². The zero-order valence-electron chi connectivity index (χ0n) is 19.6. The molecule has 3 nitrogen and oxygen atoms in total. The summed E-state index contributed by atoms with van der Waals surface area (Å²) in [6.07, 6.45) is 0. The van der Waals surface area contributed by atoms with E-state index in [2.05, 4.69) is 66.8 Å². The molecular weight excluding hydrogens is 376 g/mol. The molecule has 2 aromatic rings. The third kappa shape index (κ3) is 5.56. The molecule has 29 heavy (non-hydrogen) atoms. The summed E-state index contributed by atoms with van der Waals surface area (Å²) in [5, 5.41) is 12.2. The van der Waals surface area contributed by atoms with Gasteiger partial charge in [-0.3, -0.25) is 0 Å². The van der Waals surface area contributed by atoms with E-state index in [9.17, 15) is 5.11 Å². The van der Waals surface area contributed by atoms with Crippen molar-refractivity contribution < 1.29 is 14.6 Å². The Hall–Kier alpha value is -1.94. The van der Waals surface area contributed by atoms with E-state index >= 15 is 0 Å². The average Bonchev–Trinajstić information content (AvgIpc) is 2.60. The molecule has 0 bridgehead atoms. The van der Waals surface area contributed by atoms with Crippen LogP contribution in [0.1, 0.15) is 52.7 Å². The van der Waals surface area contributed by atoms with Gasteiger partial charge in [-0.15, -0.1) is 0 Å². The van der Waals surface area contributed by atoms with Gasteiger partial charge >= 0.3 is 0 Å². The first kappa shape index (κ1) is 23.3. The lowest BCUT2D eigenvalue weighted by Crippen LogP contribution is -2.43. The van der Waals surface area contributed by atoms with Crippen molar-refractivity contribution in [2.24, 2.45) is 0 Å². The minimum atomic E-state index is -1.71. The quantitative estimate of drug-likeness (QED) is 0.590. The first-order chi connectivity index (χ1) is 13.3. The van der Waals surface area contributed by atoms with Crippen molar-refractivity contribution in [2.45, 2.75) is 71.5 Å². The Bertz CT molecular complexity index is 807. The Labute approximate surface area is 178 Å². The first-order valence-corrected chi connectivity index (χ1v) is 13.6. The number of aromatic hydroxyl groups is 1. The highest BCUT2D eigenvalue weighted by atomic mass is 28.3. The van der Waals surface area contributed by atoms with Crippen LogP contribution in [0, 0.1) is 0 Å². The molecule has 0 spiro atoms. The molecule has 0 aliphatic rings. The maximum absolute atomic E-state index is 10.9. The SMILES string of the molecule is COc1ccccc1[Si](C)(C)CCOc1cc(C(C)(C)C)c(O)c(C(C)(C)C)c1. The Kier molecular flexibility index (Phi) is 6.78. The molecule has 2 rings (SSSR count). The molecule has 0 atom stereocenters. The van der Waals surface area contributed by atoms with Crippen LogP contribution >= 0.6 is 0 Å². The highest BCUT2D eigenvalue weighted by Crippen LogP contribution is 2.41. The van der Waals surface area contributed by atoms with E-state index in [1.54, 1.807) is 7.11 Å². The molecule has 1 N–H and O–H groups in total. The Morgan fingerprint density at radius 2 is 1.41 bits per heavy atom. The molecule has 0 heterocycles. The second kappa shape index (κ2) is 8.43. The molecule has 0 radical (unpaired) electrons. The van der Waals surface area contributed by atoms with Gasteiger partial charge in [0.1, 0.15) is 17.2 Å². The summed E-state index contributed by atoms with van der Waals surface area (Å²) >= 11 is 0. The standard InChI is InChI=1S/C25H38O3Si/c1-24(2,3)19-16-18(17-20(23(19)26)25(4,5)6)28-14-15-29(8,9)22-13-11-10-12-21(22)27-7/h10-13,16-17,26H,14-15H2,1-9H3. The van der Waals surface area contributed by atoms with Crippen molar-refractivity contribution in [1.29, 1.82) is 0 Å². The third-order valence-corrected chi connectivity index (χ3v) is 8.86. The highest BCUT2D eigenvalue weighted by molar-refractivity contribution is 6.90. The van der Waals surface area contributed by atoms with Crippen molar-refractivity contribution in [3.8, 4) is 17.2 Å². The number of hydrogen-bond donors (Lipinski definition) is 1. The summed E-state index contributed by atoms with van der Waals surface area (Å²) in [5.74, 6) is 2.20. The van der Waals surface area contributed by atoms with Crippen molar-refractivity contribution in [3.63, 3.8) is 0 Å². The molecule has 160 valence electrons. The predicted octanol–water partition coefficient (Wildman–Crippen LogP) is 5.99. The number of benzene rings is 2. The number of ether oxygens (including phenoxy) is 2. The molecule has 0 fully saturated rings. The van der Waals surface area contributed by atoms with Gasteiger partial charge in [0, 0.05) is 11.1 Å². The summed E-state index contributed by atoms with van der Waals surface area (Å²) in [4.78, 5) is 0. The van der Waals surface area contributed by atoms with Crippen LogP contribution in [0.15, 0.2) is 36.4 Å². The molecule has 0 unspecified atom stereocenters. The minimum absolute atomic E-state index is 0.158. The maximum atomic E-state index is 10.9. The van der Waals surface area contributed by atoms with Gasteiger partial charge < -0.3 is 14.6 Å². The molecule has 4 heteroatoms. The summed E-state index contributed by atoms with van der Waals surface area (Å²) in [6, 6.07) is 13.3. The smallest absolute Gasteiger partial charge is 0.123 e. The predicted molar refractivity (Wildman–Crippen MR) is 126 cm³/mol. The number of phenolic OH excluding ortho intramolecular Hbond substituents is 1. The van der Waals surface area contributed by atoms with E-state index < -0.39 is 8.07 Å². The second-order valence-corrected chi connectivity index (χ2v) is 15.4. The van der Waals surface area contributed by atoms with Gasteiger partial charge in [-0.2, -0.15) is 0 Å². The highest BCUT2D eigenvalue weighted by Gasteiger charge is 2.29. The number of phenols is 1. The summed E-state index contributed by atoms with van der Waals surface area (Å²) in [6.45, 7) is 18.1. The summed E-state index contributed by atoms with van der Waals surface area (Å²) < 4.78 is 11.8.